The smallest absolute Gasteiger partial charge is 0.410 e. The van der Waals surface area contributed by atoms with E-state index in [1.165, 1.54) is 12.0 Å². The number of hydrogen-bond donors (Lipinski definition) is 1. The van der Waals surface area contributed by atoms with E-state index >= 15 is 0 Å². The number of hydrogen-bond acceptors (Lipinski definition) is 5. The topological polar surface area (TPSA) is 104 Å². The van der Waals surface area contributed by atoms with Gasteiger partial charge in [0.15, 0.2) is 11.8 Å². The summed E-state index contributed by atoms with van der Waals surface area (Å²) in [6.45, 7) is 1.93. The number of ketones is 1. The SMILES string of the molecule is CCN(C(=O)OC)C1C(=O)N2C(C(=O)O)C(=O)CC12. The summed E-state index contributed by atoms with van der Waals surface area (Å²) in [6, 6.07) is -2.77. The van der Waals surface area contributed by atoms with Gasteiger partial charge in [-0.15, -0.1) is 0 Å². The lowest BCUT2D eigenvalue weighted by atomic mass is 9.94. The number of carboxylic acid groups (broad SMARTS) is 1. The van der Waals surface area contributed by atoms with Crippen molar-refractivity contribution in [3.8, 4) is 0 Å². The van der Waals surface area contributed by atoms with Gasteiger partial charge in [0, 0.05) is 13.0 Å². The van der Waals surface area contributed by atoms with Crippen molar-refractivity contribution < 1.29 is 29.0 Å². The molecule has 8 heteroatoms. The van der Waals surface area contributed by atoms with Gasteiger partial charge in [-0.1, -0.05) is 0 Å². The van der Waals surface area contributed by atoms with Crippen molar-refractivity contribution >= 4 is 23.8 Å². The number of carbonyl (C=O) groups is 4. The minimum Gasteiger partial charge on any atom is -0.479 e. The average molecular weight is 270 g/mol. The lowest BCUT2D eigenvalue weighted by Gasteiger charge is -2.47. The van der Waals surface area contributed by atoms with Crippen LogP contribution in [0.4, 0.5) is 4.79 Å². The summed E-state index contributed by atoms with van der Waals surface area (Å²) < 4.78 is 4.57. The molecule has 2 saturated heterocycles. The van der Waals surface area contributed by atoms with Crippen LogP contribution >= 0.6 is 0 Å². The van der Waals surface area contributed by atoms with Gasteiger partial charge in [0.1, 0.15) is 6.04 Å². The summed E-state index contributed by atoms with van der Waals surface area (Å²) in [7, 11) is 1.20. The summed E-state index contributed by atoms with van der Waals surface area (Å²) in [6.07, 6.45) is -0.701. The number of likely N-dealkylation sites (N-methyl/N-ethyl adjacent to an activating group) is 1. The normalized spacial score (nSPS) is 28.7. The maximum Gasteiger partial charge on any atom is 0.410 e. The second-order valence-electron chi connectivity index (χ2n) is 4.42. The largest absolute Gasteiger partial charge is 0.479 e. The molecule has 0 aliphatic carbocycles. The Morgan fingerprint density at radius 2 is 2.11 bits per heavy atom. The van der Waals surface area contributed by atoms with Crippen LogP contribution < -0.4 is 0 Å². The standard InChI is InChI=1S/C11H14N2O6/c1-3-12(11(18)19-2)7-5-4-6(14)8(10(16)17)13(5)9(7)15/h5,7-8H,3-4H2,1-2H3,(H,16,17). The minimum absolute atomic E-state index is 0.0408. The molecule has 3 unspecified atom stereocenters. The predicted octanol–water partition coefficient (Wildman–Crippen LogP) is -0.920. The molecule has 19 heavy (non-hydrogen) atoms. The Kier molecular flexibility index (Phi) is 3.17. The van der Waals surface area contributed by atoms with E-state index in [0.29, 0.717) is 0 Å². The Labute approximate surface area is 108 Å². The van der Waals surface area contributed by atoms with E-state index in [1.54, 1.807) is 6.92 Å². The van der Waals surface area contributed by atoms with Gasteiger partial charge in [-0.05, 0) is 6.92 Å². The highest BCUT2D eigenvalue weighted by Gasteiger charge is 2.62. The molecule has 3 atom stereocenters. The molecule has 0 aromatic rings. The number of β-lactam (4-membered cyclic amide) rings is 1. The number of Topliss-reactive ketones (excluding diaryl/α,β-unsaturated/α-hetero) is 1. The first-order valence-electron chi connectivity index (χ1n) is 5.86. The van der Waals surface area contributed by atoms with Crippen molar-refractivity contribution in [2.24, 2.45) is 0 Å². The quantitative estimate of drug-likeness (QED) is 0.525. The minimum atomic E-state index is -1.41. The van der Waals surface area contributed by atoms with E-state index in [2.05, 4.69) is 4.74 Å². The van der Waals surface area contributed by atoms with E-state index in [4.69, 9.17) is 5.11 Å². The predicted molar refractivity (Wildman–Crippen MR) is 60.3 cm³/mol. The Balaban J connectivity index is 2.21. The Bertz CT molecular complexity index is 462. The van der Waals surface area contributed by atoms with Crippen LogP contribution in [-0.4, -0.2) is 70.4 Å². The molecule has 2 aliphatic heterocycles. The van der Waals surface area contributed by atoms with Gasteiger partial charge in [-0.2, -0.15) is 0 Å². The highest BCUT2D eigenvalue weighted by atomic mass is 16.5. The van der Waals surface area contributed by atoms with Crippen LogP contribution in [-0.2, 0) is 19.1 Å². The Hall–Kier alpha value is -2.12. The number of aliphatic carboxylic acids is 1. The van der Waals surface area contributed by atoms with Crippen LogP contribution in [0.3, 0.4) is 0 Å². The number of rotatable bonds is 3. The van der Waals surface area contributed by atoms with Crippen molar-refractivity contribution in [1.82, 2.24) is 9.80 Å². The Morgan fingerprint density at radius 3 is 2.58 bits per heavy atom. The molecule has 0 aromatic heterocycles. The molecule has 8 nitrogen and oxygen atoms in total. The Morgan fingerprint density at radius 1 is 1.47 bits per heavy atom. The molecule has 2 aliphatic rings. The van der Waals surface area contributed by atoms with Gasteiger partial charge in [0.05, 0.1) is 13.2 Å². The van der Waals surface area contributed by atoms with E-state index in [0.717, 1.165) is 4.90 Å². The molecule has 0 saturated carbocycles. The highest BCUT2D eigenvalue weighted by Crippen LogP contribution is 2.36. The zero-order valence-corrected chi connectivity index (χ0v) is 10.5. The third-order valence-corrected chi connectivity index (χ3v) is 3.54. The molecule has 104 valence electrons. The van der Waals surface area contributed by atoms with Gasteiger partial charge in [0.25, 0.3) is 0 Å². The third kappa shape index (κ3) is 1.74. The van der Waals surface area contributed by atoms with Gasteiger partial charge < -0.3 is 14.7 Å². The molecule has 2 fully saturated rings. The van der Waals surface area contributed by atoms with Gasteiger partial charge in [-0.25, -0.2) is 9.59 Å². The average Bonchev–Trinajstić information content (AvgIpc) is 2.68. The molecule has 0 aromatic carbocycles. The number of amides is 2. The fourth-order valence-corrected chi connectivity index (χ4v) is 2.71. The van der Waals surface area contributed by atoms with E-state index < -0.39 is 41.9 Å². The van der Waals surface area contributed by atoms with Crippen molar-refractivity contribution in [1.29, 1.82) is 0 Å². The number of methoxy groups -OCH3 is 1. The van der Waals surface area contributed by atoms with E-state index in [9.17, 15) is 19.2 Å². The third-order valence-electron chi connectivity index (χ3n) is 3.54. The monoisotopic (exact) mass is 270 g/mol. The second-order valence-corrected chi connectivity index (χ2v) is 4.42. The highest BCUT2D eigenvalue weighted by molar-refractivity contribution is 6.12. The molecule has 0 bridgehead atoms. The molecule has 2 heterocycles. The van der Waals surface area contributed by atoms with E-state index in [-0.39, 0.29) is 13.0 Å². The summed E-state index contributed by atoms with van der Waals surface area (Å²) in [5.74, 6) is -2.36. The molecular formula is C11H14N2O6. The van der Waals surface area contributed by atoms with E-state index in [1.807, 2.05) is 0 Å². The number of nitrogens with zero attached hydrogens (tertiary/aromatic N) is 2. The molecular weight excluding hydrogens is 256 g/mol. The van der Waals surface area contributed by atoms with Crippen molar-refractivity contribution in [3.63, 3.8) is 0 Å². The first kappa shape index (κ1) is 13.3. The molecule has 0 radical (unpaired) electrons. The molecule has 1 N–H and O–H groups in total. The number of fused-ring (bicyclic) bond motifs is 1. The van der Waals surface area contributed by atoms with Crippen LogP contribution in [0.1, 0.15) is 13.3 Å². The maximum atomic E-state index is 12.0. The van der Waals surface area contributed by atoms with Crippen molar-refractivity contribution in [2.45, 2.75) is 31.5 Å². The van der Waals surface area contributed by atoms with Crippen molar-refractivity contribution in [2.75, 3.05) is 13.7 Å². The van der Waals surface area contributed by atoms with Crippen LogP contribution in [0.25, 0.3) is 0 Å². The van der Waals surface area contributed by atoms with Crippen LogP contribution in [0, 0.1) is 0 Å². The fraction of sp³-hybridized carbons (Fsp3) is 0.636. The van der Waals surface area contributed by atoms with Gasteiger partial charge in [-0.3, -0.25) is 14.5 Å². The van der Waals surface area contributed by atoms with Gasteiger partial charge in [0.2, 0.25) is 5.91 Å². The van der Waals surface area contributed by atoms with Crippen LogP contribution in [0.15, 0.2) is 0 Å². The lowest BCUT2D eigenvalue weighted by molar-refractivity contribution is -0.165. The summed E-state index contributed by atoms with van der Waals surface area (Å²) in [5, 5.41) is 8.94. The summed E-state index contributed by atoms with van der Waals surface area (Å²) in [5.41, 5.74) is 0. The fourth-order valence-electron chi connectivity index (χ4n) is 2.71. The van der Waals surface area contributed by atoms with Crippen molar-refractivity contribution in [3.05, 3.63) is 0 Å². The first-order chi connectivity index (χ1) is 8.93. The zero-order chi connectivity index (χ0) is 14.3. The van der Waals surface area contributed by atoms with Crippen LogP contribution in [0.5, 0.6) is 0 Å². The second kappa shape index (κ2) is 4.52. The van der Waals surface area contributed by atoms with Gasteiger partial charge >= 0.3 is 12.1 Å². The maximum absolute atomic E-state index is 12.0. The molecule has 0 spiro atoms. The lowest BCUT2D eigenvalue weighted by Crippen LogP contribution is -2.71. The number of carboxylic acids is 1. The summed E-state index contributed by atoms with van der Waals surface area (Å²) >= 11 is 0. The molecule has 2 rings (SSSR count). The number of ether oxygens (including phenoxy) is 1. The number of carbonyl (C=O) groups excluding carboxylic acids is 3. The first-order valence-corrected chi connectivity index (χ1v) is 5.86. The summed E-state index contributed by atoms with van der Waals surface area (Å²) in [4.78, 5) is 48.3. The van der Waals surface area contributed by atoms with Crippen LogP contribution in [0.2, 0.25) is 0 Å². The zero-order valence-electron chi connectivity index (χ0n) is 10.5. The molecule has 2 amide bonds.